The SMILES string of the molecule is COc1ccccc1N1CCC(CNS(=O)(=O)Cc2ccc(Cl)c(Cl)c2)C1. The minimum atomic E-state index is -3.44. The number of anilines is 1. The molecule has 0 radical (unpaired) electrons. The van der Waals surface area contributed by atoms with Crippen LogP contribution < -0.4 is 14.4 Å². The molecule has 0 spiro atoms. The van der Waals surface area contributed by atoms with Gasteiger partial charge in [-0.15, -0.1) is 0 Å². The lowest BCUT2D eigenvalue weighted by molar-refractivity contribution is 0.414. The molecule has 3 rings (SSSR count). The molecule has 5 nitrogen and oxygen atoms in total. The van der Waals surface area contributed by atoms with Crippen molar-refractivity contribution in [2.75, 3.05) is 31.6 Å². The van der Waals surface area contributed by atoms with Crippen LogP contribution in [0.1, 0.15) is 12.0 Å². The zero-order valence-corrected chi connectivity index (χ0v) is 17.3. The van der Waals surface area contributed by atoms with Crippen molar-refractivity contribution < 1.29 is 13.2 Å². The average Bonchev–Trinajstić information content (AvgIpc) is 3.12. The van der Waals surface area contributed by atoms with Crippen LogP contribution in [0.3, 0.4) is 0 Å². The number of halogens is 2. The summed E-state index contributed by atoms with van der Waals surface area (Å²) in [5.74, 6) is 0.962. The molecular formula is C19H22Cl2N2O3S. The molecule has 0 aromatic heterocycles. The normalized spacial score (nSPS) is 17.3. The maximum atomic E-state index is 12.4. The Morgan fingerprint density at radius 2 is 1.96 bits per heavy atom. The second-order valence-corrected chi connectivity index (χ2v) is 9.25. The summed E-state index contributed by atoms with van der Waals surface area (Å²) in [4.78, 5) is 2.23. The van der Waals surface area contributed by atoms with Gasteiger partial charge in [0.05, 0.1) is 28.6 Å². The van der Waals surface area contributed by atoms with E-state index in [1.807, 2.05) is 24.3 Å². The molecule has 1 aliphatic rings. The van der Waals surface area contributed by atoms with E-state index in [9.17, 15) is 8.42 Å². The van der Waals surface area contributed by atoms with Crippen molar-refractivity contribution in [2.24, 2.45) is 5.92 Å². The van der Waals surface area contributed by atoms with Gasteiger partial charge in [-0.2, -0.15) is 0 Å². The van der Waals surface area contributed by atoms with Crippen LogP contribution in [0.15, 0.2) is 42.5 Å². The van der Waals surface area contributed by atoms with Crippen LogP contribution >= 0.6 is 23.2 Å². The van der Waals surface area contributed by atoms with Crippen molar-refractivity contribution in [3.8, 4) is 5.75 Å². The predicted molar refractivity (Wildman–Crippen MR) is 110 cm³/mol. The van der Waals surface area contributed by atoms with Gasteiger partial charge >= 0.3 is 0 Å². The molecule has 0 aliphatic carbocycles. The molecule has 27 heavy (non-hydrogen) atoms. The molecule has 2 aromatic carbocycles. The number of hydrogen-bond donors (Lipinski definition) is 1. The van der Waals surface area contributed by atoms with E-state index in [0.717, 1.165) is 30.9 Å². The Bertz CT molecular complexity index is 906. The molecule has 1 fully saturated rings. The van der Waals surface area contributed by atoms with E-state index in [4.69, 9.17) is 27.9 Å². The summed E-state index contributed by atoms with van der Waals surface area (Å²) >= 11 is 11.8. The third-order valence-corrected chi connectivity index (χ3v) is 6.70. The summed E-state index contributed by atoms with van der Waals surface area (Å²) in [6.07, 6.45) is 0.924. The van der Waals surface area contributed by atoms with Crippen molar-refractivity contribution >= 4 is 38.9 Å². The van der Waals surface area contributed by atoms with Gasteiger partial charge < -0.3 is 9.64 Å². The third-order valence-electron chi connectivity index (χ3n) is 4.64. The second-order valence-electron chi connectivity index (χ2n) is 6.63. The summed E-state index contributed by atoms with van der Waals surface area (Å²) in [6, 6.07) is 12.7. The van der Waals surface area contributed by atoms with Crippen molar-refractivity contribution in [1.29, 1.82) is 0 Å². The maximum Gasteiger partial charge on any atom is 0.215 e. The molecule has 1 atom stereocenters. The first-order chi connectivity index (χ1) is 12.9. The van der Waals surface area contributed by atoms with E-state index in [1.54, 1.807) is 25.3 Å². The van der Waals surface area contributed by atoms with E-state index in [0.29, 0.717) is 22.2 Å². The fourth-order valence-electron chi connectivity index (χ4n) is 3.25. The summed E-state index contributed by atoms with van der Waals surface area (Å²) in [5, 5.41) is 0.765. The van der Waals surface area contributed by atoms with E-state index < -0.39 is 10.0 Å². The first kappa shape index (κ1) is 20.3. The lowest BCUT2D eigenvalue weighted by Gasteiger charge is -2.21. The Balaban J connectivity index is 1.56. The highest BCUT2D eigenvalue weighted by Gasteiger charge is 2.26. The molecule has 146 valence electrons. The molecule has 0 bridgehead atoms. The number of hydrogen-bond acceptors (Lipinski definition) is 4. The number of benzene rings is 2. The first-order valence-electron chi connectivity index (χ1n) is 8.67. The molecule has 2 aromatic rings. The number of nitrogens with zero attached hydrogens (tertiary/aromatic N) is 1. The van der Waals surface area contributed by atoms with Crippen molar-refractivity contribution in [3.05, 3.63) is 58.1 Å². The number of methoxy groups -OCH3 is 1. The highest BCUT2D eigenvalue weighted by molar-refractivity contribution is 7.88. The van der Waals surface area contributed by atoms with Gasteiger partial charge in [0.1, 0.15) is 5.75 Å². The standard InChI is InChI=1S/C19H22Cl2N2O3S/c1-26-19-5-3-2-4-18(19)23-9-8-15(12-23)11-22-27(24,25)13-14-6-7-16(20)17(21)10-14/h2-7,10,15,22H,8-9,11-13H2,1H3. The van der Waals surface area contributed by atoms with Gasteiger partial charge in [0.2, 0.25) is 10.0 Å². The highest BCUT2D eigenvalue weighted by Crippen LogP contribution is 2.31. The highest BCUT2D eigenvalue weighted by atomic mass is 35.5. The Morgan fingerprint density at radius 3 is 2.70 bits per heavy atom. The monoisotopic (exact) mass is 428 g/mol. The quantitative estimate of drug-likeness (QED) is 0.724. The first-order valence-corrected chi connectivity index (χ1v) is 11.1. The molecule has 1 N–H and O–H groups in total. The van der Waals surface area contributed by atoms with Gasteiger partial charge in [-0.1, -0.05) is 41.4 Å². The van der Waals surface area contributed by atoms with Gasteiger partial charge in [0.15, 0.2) is 0 Å². The van der Waals surface area contributed by atoms with Crippen molar-refractivity contribution in [1.82, 2.24) is 4.72 Å². The van der Waals surface area contributed by atoms with Crippen molar-refractivity contribution in [3.63, 3.8) is 0 Å². The second kappa shape index (κ2) is 8.69. The maximum absolute atomic E-state index is 12.4. The molecule has 1 aliphatic heterocycles. The molecule has 1 unspecified atom stereocenters. The van der Waals surface area contributed by atoms with Gasteiger partial charge in [-0.3, -0.25) is 0 Å². The van der Waals surface area contributed by atoms with Gasteiger partial charge in [-0.25, -0.2) is 13.1 Å². The smallest absolute Gasteiger partial charge is 0.215 e. The molecule has 0 amide bonds. The van der Waals surface area contributed by atoms with E-state index in [2.05, 4.69) is 9.62 Å². The van der Waals surface area contributed by atoms with Crippen LogP contribution in [0.2, 0.25) is 10.0 Å². The molecule has 0 saturated carbocycles. The minimum absolute atomic E-state index is 0.118. The average molecular weight is 429 g/mol. The Hall–Kier alpha value is -1.47. The van der Waals surface area contributed by atoms with Crippen LogP contribution in [0, 0.1) is 5.92 Å². The summed E-state index contributed by atoms with van der Waals surface area (Å²) in [6.45, 7) is 2.07. The zero-order chi connectivity index (χ0) is 19.4. The number of rotatable bonds is 7. The number of para-hydroxylation sites is 2. The number of nitrogens with one attached hydrogen (secondary N) is 1. The number of sulfonamides is 1. The molecular weight excluding hydrogens is 407 g/mol. The minimum Gasteiger partial charge on any atom is -0.495 e. The fraction of sp³-hybridized carbons (Fsp3) is 0.368. The largest absolute Gasteiger partial charge is 0.495 e. The molecule has 1 saturated heterocycles. The van der Waals surface area contributed by atoms with Crippen LogP contribution in [-0.2, 0) is 15.8 Å². The lowest BCUT2D eigenvalue weighted by Crippen LogP contribution is -2.32. The topological polar surface area (TPSA) is 58.6 Å². The summed E-state index contributed by atoms with van der Waals surface area (Å²) < 4.78 is 32.9. The lowest BCUT2D eigenvalue weighted by atomic mass is 10.1. The summed E-state index contributed by atoms with van der Waals surface area (Å²) in [7, 11) is -1.79. The fourth-order valence-corrected chi connectivity index (χ4v) is 4.78. The zero-order valence-electron chi connectivity index (χ0n) is 15.0. The van der Waals surface area contributed by atoms with Gasteiger partial charge in [0, 0.05) is 19.6 Å². The van der Waals surface area contributed by atoms with Crippen LogP contribution in [0.25, 0.3) is 0 Å². The van der Waals surface area contributed by atoms with Crippen LogP contribution in [0.5, 0.6) is 5.75 Å². The Labute approximate surface area is 170 Å². The van der Waals surface area contributed by atoms with Gasteiger partial charge in [-0.05, 0) is 42.2 Å². The Kier molecular flexibility index (Phi) is 6.52. The number of ether oxygens (including phenoxy) is 1. The molecule has 8 heteroatoms. The summed E-state index contributed by atoms with van der Waals surface area (Å²) in [5.41, 5.74) is 1.65. The Morgan fingerprint density at radius 1 is 1.19 bits per heavy atom. The van der Waals surface area contributed by atoms with Crippen LogP contribution in [0.4, 0.5) is 5.69 Å². The van der Waals surface area contributed by atoms with E-state index >= 15 is 0 Å². The van der Waals surface area contributed by atoms with Gasteiger partial charge in [0.25, 0.3) is 0 Å². The van der Waals surface area contributed by atoms with E-state index in [-0.39, 0.29) is 11.7 Å². The third kappa shape index (κ3) is 5.29. The predicted octanol–water partition coefficient (Wildman–Crippen LogP) is 3.95. The van der Waals surface area contributed by atoms with Crippen LogP contribution in [-0.4, -0.2) is 35.2 Å². The molecule has 1 heterocycles. The van der Waals surface area contributed by atoms with Crippen molar-refractivity contribution in [2.45, 2.75) is 12.2 Å². The van der Waals surface area contributed by atoms with E-state index in [1.165, 1.54) is 0 Å².